The van der Waals surface area contributed by atoms with Gasteiger partial charge in [0.2, 0.25) is 0 Å². The molecule has 6 heteroatoms. The number of nitrogens with one attached hydrogen (secondary N) is 2. The molecule has 0 radical (unpaired) electrons. The van der Waals surface area contributed by atoms with Crippen molar-refractivity contribution in [1.82, 2.24) is 4.98 Å². The van der Waals surface area contributed by atoms with Gasteiger partial charge in [-0.3, -0.25) is 9.78 Å². The first-order valence-electron chi connectivity index (χ1n) is 7.16. The molecule has 0 spiro atoms. The number of nitrogens with zero attached hydrogens (tertiary/aromatic N) is 1. The molecule has 120 valence electrons. The van der Waals surface area contributed by atoms with Gasteiger partial charge in [-0.15, -0.1) is 0 Å². The summed E-state index contributed by atoms with van der Waals surface area (Å²) in [6.07, 6.45) is 1.53. The highest BCUT2D eigenvalue weighted by Crippen LogP contribution is 2.19. The minimum atomic E-state index is -0.418. The van der Waals surface area contributed by atoms with Crippen molar-refractivity contribution in [3.63, 3.8) is 0 Å². The van der Waals surface area contributed by atoms with E-state index in [1.54, 1.807) is 30.3 Å². The molecule has 24 heavy (non-hydrogen) atoms. The van der Waals surface area contributed by atoms with Crippen molar-refractivity contribution in [2.75, 3.05) is 10.6 Å². The fourth-order valence-corrected chi connectivity index (χ4v) is 2.22. The van der Waals surface area contributed by atoms with E-state index in [1.165, 1.54) is 24.4 Å². The van der Waals surface area contributed by atoms with Gasteiger partial charge < -0.3 is 10.6 Å². The Hall–Kier alpha value is -2.92. The van der Waals surface area contributed by atoms with Crippen molar-refractivity contribution < 1.29 is 9.18 Å². The maximum absolute atomic E-state index is 13.2. The third-order valence-corrected chi connectivity index (χ3v) is 3.46. The van der Waals surface area contributed by atoms with E-state index in [1.807, 2.05) is 12.1 Å². The Morgan fingerprint density at radius 3 is 2.50 bits per heavy atom. The summed E-state index contributed by atoms with van der Waals surface area (Å²) in [5.41, 5.74) is 2.13. The highest BCUT2D eigenvalue weighted by Gasteiger charge is 2.09. The zero-order chi connectivity index (χ0) is 16.9. The molecule has 0 atom stereocenters. The first kappa shape index (κ1) is 16.0. The van der Waals surface area contributed by atoms with E-state index < -0.39 is 11.7 Å². The molecule has 0 aliphatic heterocycles. The van der Waals surface area contributed by atoms with Gasteiger partial charge in [0, 0.05) is 28.3 Å². The van der Waals surface area contributed by atoms with E-state index >= 15 is 0 Å². The second-order valence-electron chi connectivity index (χ2n) is 5.03. The number of hydrogen-bond donors (Lipinski definition) is 2. The van der Waals surface area contributed by atoms with Crippen LogP contribution in [0.3, 0.4) is 0 Å². The maximum Gasteiger partial charge on any atom is 0.274 e. The summed E-state index contributed by atoms with van der Waals surface area (Å²) < 4.78 is 13.2. The van der Waals surface area contributed by atoms with Crippen LogP contribution in [0.5, 0.6) is 0 Å². The van der Waals surface area contributed by atoms with Crippen molar-refractivity contribution in [2.45, 2.75) is 0 Å². The lowest BCUT2D eigenvalue weighted by Crippen LogP contribution is -2.13. The minimum absolute atomic E-state index is 0.221. The van der Waals surface area contributed by atoms with E-state index in [-0.39, 0.29) is 5.69 Å². The number of halogens is 2. The standard InChI is InChI=1S/C18H13ClFN3O/c19-12-4-6-14(7-5-12)22-16-8-9-21-17(11-16)18(24)23-15-3-1-2-13(20)10-15/h1-11H,(H,21,22)(H,23,24). The van der Waals surface area contributed by atoms with Crippen molar-refractivity contribution >= 4 is 34.6 Å². The number of pyridine rings is 1. The van der Waals surface area contributed by atoms with Gasteiger partial charge in [0.05, 0.1) is 0 Å². The molecule has 0 saturated carbocycles. The molecule has 0 saturated heterocycles. The van der Waals surface area contributed by atoms with Crippen LogP contribution < -0.4 is 10.6 Å². The highest BCUT2D eigenvalue weighted by atomic mass is 35.5. The summed E-state index contributed by atoms with van der Waals surface area (Å²) in [6.45, 7) is 0. The molecule has 0 unspecified atom stereocenters. The second kappa shape index (κ2) is 7.10. The molecule has 3 rings (SSSR count). The number of carbonyl (C=O) groups excluding carboxylic acids is 1. The molecule has 0 bridgehead atoms. The lowest BCUT2D eigenvalue weighted by atomic mass is 10.2. The molecular formula is C18H13ClFN3O. The first-order valence-corrected chi connectivity index (χ1v) is 7.53. The van der Waals surface area contributed by atoms with Gasteiger partial charge in [-0.2, -0.15) is 0 Å². The van der Waals surface area contributed by atoms with E-state index in [9.17, 15) is 9.18 Å². The number of amides is 1. The Balaban J connectivity index is 1.74. The number of anilines is 3. The Morgan fingerprint density at radius 1 is 0.958 bits per heavy atom. The van der Waals surface area contributed by atoms with Crippen LogP contribution in [-0.4, -0.2) is 10.9 Å². The lowest BCUT2D eigenvalue weighted by molar-refractivity contribution is 0.102. The predicted molar refractivity (Wildman–Crippen MR) is 93.3 cm³/mol. The van der Waals surface area contributed by atoms with Gasteiger partial charge in [-0.05, 0) is 54.6 Å². The molecule has 3 aromatic rings. The molecule has 1 aromatic heterocycles. The zero-order valence-electron chi connectivity index (χ0n) is 12.5. The summed E-state index contributed by atoms with van der Waals surface area (Å²) in [4.78, 5) is 16.3. The SMILES string of the molecule is O=C(Nc1cccc(F)c1)c1cc(Nc2ccc(Cl)cc2)ccn1. The van der Waals surface area contributed by atoms with Crippen LogP contribution in [0.2, 0.25) is 5.02 Å². The largest absolute Gasteiger partial charge is 0.355 e. The summed E-state index contributed by atoms with van der Waals surface area (Å²) in [5.74, 6) is -0.834. The topological polar surface area (TPSA) is 54.0 Å². The number of hydrogen-bond acceptors (Lipinski definition) is 3. The normalized spacial score (nSPS) is 10.2. The first-order chi connectivity index (χ1) is 11.6. The Kier molecular flexibility index (Phi) is 4.72. The van der Waals surface area contributed by atoms with E-state index in [0.717, 1.165) is 5.69 Å². The van der Waals surface area contributed by atoms with Crippen molar-refractivity contribution in [3.05, 3.63) is 83.4 Å². The summed E-state index contributed by atoms with van der Waals surface area (Å²) in [7, 11) is 0. The summed E-state index contributed by atoms with van der Waals surface area (Å²) in [6, 6.07) is 16.2. The third kappa shape index (κ3) is 4.08. The van der Waals surface area contributed by atoms with Gasteiger partial charge in [-0.1, -0.05) is 17.7 Å². The quantitative estimate of drug-likeness (QED) is 0.711. The molecule has 4 nitrogen and oxygen atoms in total. The molecule has 1 amide bonds. The molecule has 2 N–H and O–H groups in total. The monoisotopic (exact) mass is 341 g/mol. The van der Waals surface area contributed by atoms with Crippen molar-refractivity contribution in [3.8, 4) is 0 Å². The molecule has 1 heterocycles. The Morgan fingerprint density at radius 2 is 1.75 bits per heavy atom. The van der Waals surface area contributed by atoms with E-state index in [0.29, 0.717) is 16.4 Å². The molecular weight excluding hydrogens is 329 g/mol. The van der Waals surface area contributed by atoms with Gasteiger partial charge in [0.25, 0.3) is 5.91 Å². The maximum atomic E-state index is 13.2. The van der Waals surface area contributed by atoms with Crippen LogP contribution in [0, 0.1) is 5.82 Å². The van der Waals surface area contributed by atoms with Gasteiger partial charge in [-0.25, -0.2) is 4.39 Å². The fraction of sp³-hybridized carbons (Fsp3) is 0. The predicted octanol–water partition coefficient (Wildman–Crippen LogP) is 4.87. The van der Waals surface area contributed by atoms with Crippen LogP contribution in [0.1, 0.15) is 10.5 Å². The molecule has 0 aliphatic carbocycles. The number of rotatable bonds is 4. The lowest BCUT2D eigenvalue weighted by Gasteiger charge is -2.09. The van der Waals surface area contributed by atoms with Crippen LogP contribution in [-0.2, 0) is 0 Å². The molecule has 0 aliphatic rings. The molecule has 2 aromatic carbocycles. The van der Waals surface area contributed by atoms with Gasteiger partial charge in [0.1, 0.15) is 11.5 Å². The number of aromatic nitrogens is 1. The van der Waals surface area contributed by atoms with Gasteiger partial charge >= 0.3 is 0 Å². The third-order valence-electron chi connectivity index (χ3n) is 3.21. The van der Waals surface area contributed by atoms with Crippen molar-refractivity contribution in [1.29, 1.82) is 0 Å². The van der Waals surface area contributed by atoms with Crippen molar-refractivity contribution in [2.24, 2.45) is 0 Å². The number of benzene rings is 2. The Bertz CT molecular complexity index is 868. The minimum Gasteiger partial charge on any atom is -0.355 e. The summed E-state index contributed by atoms with van der Waals surface area (Å²) >= 11 is 5.85. The van der Waals surface area contributed by atoms with Crippen LogP contribution >= 0.6 is 11.6 Å². The van der Waals surface area contributed by atoms with E-state index in [2.05, 4.69) is 15.6 Å². The van der Waals surface area contributed by atoms with Crippen LogP contribution in [0.15, 0.2) is 66.9 Å². The fourth-order valence-electron chi connectivity index (χ4n) is 2.09. The second-order valence-corrected chi connectivity index (χ2v) is 5.46. The van der Waals surface area contributed by atoms with Gasteiger partial charge in [0.15, 0.2) is 0 Å². The molecule has 0 fully saturated rings. The highest BCUT2D eigenvalue weighted by molar-refractivity contribution is 6.30. The average molecular weight is 342 g/mol. The Labute approximate surface area is 143 Å². The average Bonchev–Trinajstić information content (AvgIpc) is 2.57. The smallest absolute Gasteiger partial charge is 0.274 e. The number of carbonyl (C=O) groups is 1. The van der Waals surface area contributed by atoms with Crippen LogP contribution in [0.25, 0.3) is 0 Å². The zero-order valence-corrected chi connectivity index (χ0v) is 13.2. The van der Waals surface area contributed by atoms with E-state index in [4.69, 9.17) is 11.6 Å². The van der Waals surface area contributed by atoms with Crippen LogP contribution in [0.4, 0.5) is 21.5 Å². The summed E-state index contributed by atoms with van der Waals surface area (Å²) in [5, 5.41) is 6.42.